The Balaban J connectivity index is 1.74. The molecule has 0 radical (unpaired) electrons. The number of benzene rings is 1. The van der Waals surface area contributed by atoms with Crippen LogP contribution in [0.5, 0.6) is 5.75 Å². The average molecular weight is 378 g/mol. The maximum absolute atomic E-state index is 11.3. The molecule has 1 heterocycles. The smallest absolute Gasteiger partial charge is 0.151 e. The van der Waals surface area contributed by atoms with E-state index in [9.17, 15) is 13.5 Å². The van der Waals surface area contributed by atoms with Crippen molar-refractivity contribution in [1.29, 1.82) is 0 Å². The molecule has 118 valence electrons. The Bertz CT molecular complexity index is 591. The summed E-state index contributed by atoms with van der Waals surface area (Å²) in [6, 6.07) is 5.68. The third-order valence-electron chi connectivity index (χ3n) is 3.39. The Morgan fingerprint density at radius 2 is 2.29 bits per heavy atom. The quantitative estimate of drug-likeness (QED) is 0.780. The van der Waals surface area contributed by atoms with Gasteiger partial charge in [0.2, 0.25) is 0 Å². The lowest BCUT2D eigenvalue weighted by atomic mass is 10.2. The van der Waals surface area contributed by atoms with Crippen LogP contribution in [0.3, 0.4) is 0 Å². The highest BCUT2D eigenvalue weighted by Crippen LogP contribution is 2.25. The summed E-state index contributed by atoms with van der Waals surface area (Å²) in [5.74, 6) is 1.07. The second-order valence-electron chi connectivity index (χ2n) is 5.41. The van der Waals surface area contributed by atoms with Crippen molar-refractivity contribution < 1.29 is 18.3 Å². The van der Waals surface area contributed by atoms with Crippen LogP contribution in [0.15, 0.2) is 22.7 Å². The molecule has 2 rings (SSSR count). The van der Waals surface area contributed by atoms with Crippen LogP contribution >= 0.6 is 15.9 Å². The zero-order chi connectivity index (χ0) is 15.5. The number of aliphatic hydroxyl groups is 1. The van der Waals surface area contributed by atoms with E-state index in [1.54, 1.807) is 0 Å². The zero-order valence-electron chi connectivity index (χ0n) is 11.9. The second kappa shape index (κ2) is 7.09. The third kappa shape index (κ3) is 5.25. The molecule has 2 atom stereocenters. The monoisotopic (exact) mass is 377 g/mol. The van der Waals surface area contributed by atoms with E-state index in [-0.39, 0.29) is 24.2 Å². The fourth-order valence-electron chi connectivity index (χ4n) is 2.23. The molecule has 2 N–H and O–H groups in total. The van der Waals surface area contributed by atoms with Gasteiger partial charge in [-0.05, 0) is 47.0 Å². The van der Waals surface area contributed by atoms with E-state index >= 15 is 0 Å². The van der Waals surface area contributed by atoms with Crippen molar-refractivity contribution >= 4 is 25.8 Å². The number of aliphatic hydroxyl groups excluding tert-OH is 1. The standard InChI is InChI=1S/C14H20BrNO4S/c1-10-2-3-14(13(15)6-10)20-8-12(17)7-16-11-4-5-21(18,19)9-11/h2-3,6,11-12,16-17H,4-5,7-9H2,1H3. The van der Waals surface area contributed by atoms with Crippen molar-refractivity contribution in [3.63, 3.8) is 0 Å². The first kappa shape index (κ1) is 16.7. The Kier molecular flexibility index (Phi) is 5.65. The Hall–Kier alpha value is -0.630. The highest BCUT2D eigenvalue weighted by molar-refractivity contribution is 9.10. The van der Waals surface area contributed by atoms with E-state index in [2.05, 4.69) is 21.2 Å². The average Bonchev–Trinajstić information content (AvgIpc) is 2.75. The largest absolute Gasteiger partial charge is 0.490 e. The Labute approximate surface area is 133 Å². The van der Waals surface area contributed by atoms with Gasteiger partial charge in [0.15, 0.2) is 9.84 Å². The number of sulfone groups is 1. The number of hydrogen-bond donors (Lipinski definition) is 2. The molecular formula is C14H20BrNO4S. The van der Waals surface area contributed by atoms with Crippen LogP contribution in [-0.4, -0.2) is 50.3 Å². The highest BCUT2D eigenvalue weighted by Gasteiger charge is 2.27. The van der Waals surface area contributed by atoms with Gasteiger partial charge in [-0.2, -0.15) is 0 Å². The molecule has 1 fully saturated rings. The van der Waals surface area contributed by atoms with Gasteiger partial charge in [0.1, 0.15) is 18.5 Å². The first-order valence-electron chi connectivity index (χ1n) is 6.86. The van der Waals surface area contributed by atoms with Crippen molar-refractivity contribution in [2.45, 2.75) is 25.5 Å². The summed E-state index contributed by atoms with van der Waals surface area (Å²) in [5.41, 5.74) is 1.12. The molecule has 0 aromatic heterocycles. The minimum absolute atomic E-state index is 0.0595. The first-order valence-corrected chi connectivity index (χ1v) is 9.48. The molecule has 5 nitrogen and oxygen atoms in total. The predicted octanol–water partition coefficient (Wildman–Crippen LogP) is 1.27. The van der Waals surface area contributed by atoms with Gasteiger partial charge in [-0.1, -0.05) is 6.07 Å². The summed E-state index contributed by atoms with van der Waals surface area (Å²) in [5, 5.41) is 13.0. The molecule has 1 aromatic carbocycles. The highest BCUT2D eigenvalue weighted by atomic mass is 79.9. The van der Waals surface area contributed by atoms with E-state index in [0.29, 0.717) is 18.7 Å². The van der Waals surface area contributed by atoms with Gasteiger partial charge < -0.3 is 15.2 Å². The molecule has 1 saturated heterocycles. The summed E-state index contributed by atoms with van der Waals surface area (Å²) < 4.78 is 29.1. The maximum atomic E-state index is 11.3. The molecule has 1 aliphatic heterocycles. The molecule has 1 aliphatic rings. The third-order valence-corrected chi connectivity index (χ3v) is 5.78. The molecule has 0 aliphatic carbocycles. The summed E-state index contributed by atoms with van der Waals surface area (Å²) in [4.78, 5) is 0. The fourth-order valence-corrected chi connectivity index (χ4v) is 4.54. The van der Waals surface area contributed by atoms with Gasteiger partial charge in [0.25, 0.3) is 0 Å². The van der Waals surface area contributed by atoms with Crippen molar-refractivity contribution in [2.24, 2.45) is 0 Å². The van der Waals surface area contributed by atoms with E-state index < -0.39 is 15.9 Å². The van der Waals surface area contributed by atoms with Gasteiger partial charge in [-0.15, -0.1) is 0 Å². The normalized spacial score (nSPS) is 22.1. The first-order chi connectivity index (χ1) is 9.85. The number of hydrogen-bond acceptors (Lipinski definition) is 5. The van der Waals surface area contributed by atoms with Gasteiger partial charge in [0.05, 0.1) is 16.0 Å². The minimum atomic E-state index is -2.89. The van der Waals surface area contributed by atoms with Gasteiger partial charge in [0, 0.05) is 12.6 Å². The molecule has 0 spiro atoms. The van der Waals surface area contributed by atoms with E-state index in [1.807, 2.05) is 25.1 Å². The molecule has 0 saturated carbocycles. The van der Waals surface area contributed by atoms with Crippen LogP contribution in [0.4, 0.5) is 0 Å². The summed E-state index contributed by atoms with van der Waals surface area (Å²) in [6.07, 6.45) is -0.0686. The Morgan fingerprint density at radius 1 is 1.52 bits per heavy atom. The van der Waals surface area contributed by atoms with E-state index in [4.69, 9.17) is 4.74 Å². The van der Waals surface area contributed by atoms with Gasteiger partial charge in [-0.25, -0.2) is 8.42 Å². The zero-order valence-corrected chi connectivity index (χ0v) is 14.3. The molecular weight excluding hydrogens is 358 g/mol. The molecule has 21 heavy (non-hydrogen) atoms. The van der Waals surface area contributed by atoms with Crippen LogP contribution in [0, 0.1) is 6.92 Å². The molecule has 1 aromatic rings. The molecule has 0 amide bonds. The summed E-state index contributed by atoms with van der Waals surface area (Å²) in [6.45, 7) is 2.47. The van der Waals surface area contributed by atoms with Crippen LogP contribution in [-0.2, 0) is 9.84 Å². The van der Waals surface area contributed by atoms with Gasteiger partial charge in [-0.3, -0.25) is 0 Å². The van der Waals surface area contributed by atoms with E-state index in [0.717, 1.165) is 10.0 Å². The number of rotatable bonds is 6. The number of halogens is 1. The SMILES string of the molecule is Cc1ccc(OCC(O)CNC2CCS(=O)(=O)C2)c(Br)c1. The van der Waals surface area contributed by atoms with Crippen molar-refractivity contribution in [1.82, 2.24) is 5.32 Å². The lowest BCUT2D eigenvalue weighted by Crippen LogP contribution is -2.38. The maximum Gasteiger partial charge on any atom is 0.151 e. The van der Waals surface area contributed by atoms with E-state index in [1.165, 1.54) is 0 Å². The number of nitrogens with one attached hydrogen (secondary N) is 1. The van der Waals surface area contributed by atoms with Gasteiger partial charge >= 0.3 is 0 Å². The molecule has 0 bridgehead atoms. The lowest BCUT2D eigenvalue weighted by molar-refractivity contribution is 0.104. The topological polar surface area (TPSA) is 75.6 Å². The Morgan fingerprint density at radius 3 is 2.90 bits per heavy atom. The van der Waals surface area contributed by atoms with Crippen molar-refractivity contribution in [3.8, 4) is 5.75 Å². The molecule has 7 heteroatoms. The van der Waals surface area contributed by atoms with Crippen LogP contribution in [0.1, 0.15) is 12.0 Å². The van der Waals surface area contributed by atoms with Crippen molar-refractivity contribution in [2.75, 3.05) is 24.7 Å². The summed E-state index contributed by atoms with van der Waals surface area (Å²) in [7, 11) is -2.89. The van der Waals surface area contributed by atoms with Crippen molar-refractivity contribution in [3.05, 3.63) is 28.2 Å². The molecule has 2 unspecified atom stereocenters. The number of ether oxygens (including phenoxy) is 1. The lowest BCUT2D eigenvalue weighted by Gasteiger charge is -2.16. The fraction of sp³-hybridized carbons (Fsp3) is 0.571. The van der Waals surface area contributed by atoms with Crippen LogP contribution in [0.2, 0.25) is 0 Å². The minimum Gasteiger partial charge on any atom is -0.490 e. The predicted molar refractivity (Wildman–Crippen MR) is 85.4 cm³/mol. The number of aryl methyl sites for hydroxylation is 1. The summed E-state index contributed by atoms with van der Waals surface area (Å²) >= 11 is 3.41. The second-order valence-corrected chi connectivity index (χ2v) is 8.49. The van der Waals surface area contributed by atoms with Crippen LogP contribution in [0.25, 0.3) is 0 Å². The van der Waals surface area contributed by atoms with Crippen LogP contribution < -0.4 is 10.1 Å².